The van der Waals surface area contributed by atoms with E-state index in [9.17, 15) is 14.0 Å². The summed E-state index contributed by atoms with van der Waals surface area (Å²) in [6.45, 7) is 0. The Bertz CT molecular complexity index is 1380. The van der Waals surface area contributed by atoms with Gasteiger partial charge in [0.2, 0.25) is 12.3 Å². The molecule has 4 aromatic rings. The van der Waals surface area contributed by atoms with Gasteiger partial charge < -0.3 is 14.7 Å². The number of benzene rings is 3. The minimum atomic E-state index is -0.348. The quantitative estimate of drug-likeness (QED) is 0.415. The van der Waals surface area contributed by atoms with Crippen molar-refractivity contribution < 1.29 is 18.5 Å². The number of hydrogen-bond acceptors (Lipinski definition) is 4. The van der Waals surface area contributed by atoms with E-state index in [1.807, 2.05) is 53.4 Å². The number of aromatic nitrogens is 1. The molecule has 7 heteroatoms. The Morgan fingerprint density at radius 1 is 1.06 bits per heavy atom. The number of hydrogen-bond donors (Lipinski definition) is 1. The summed E-state index contributed by atoms with van der Waals surface area (Å²) in [5.41, 5.74) is 3.33. The van der Waals surface area contributed by atoms with Crippen LogP contribution in [0.4, 0.5) is 10.1 Å². The number of halogens is 1. The van der Waals surface area contributed by atoms with E-state index in [-0.39, 0.29) is 29.2 Å². The largest absolute Gasteiger partial charge is 0.356 e. The maximum absolute atomic E-state index is 13.4. The second-order valence-electron chi connectivity index (χ2n) is 9.07. The van der Waals surface area contributed by atoms with Crippen molar-refractivity contribution in [2.24, 2.45) is 5.92 Å². The summed E-state index contributed by atoms with van der Waals surface area (Å²) >= 11 is 0. The summed E-state index contributed by atoms with van der Waals surface area (Å²) < 4.78 is 19.0. The van der Waals surface area contributed by atoms with Crippen molar-refractivity contribution in [1.82, 2.24) is 10.5 Å². The van der Waals surface area contributed by atoms with Gasteiger partial charge in [-0.15, -0.1) is 0 Å². The van der Waals surface area contributed by atoms with Gasteiger partial charge >= 0.3 is 0 Å². The van der Waals surface area contributed by atoms with Crippen molar-refractivity contribution in [2.75, 3.05) is 4.90 Å². The Morgan fingerprint density at radius 3 is 2.53 bits per heavy atom. The van der Waals surface area contributed by atoms with Crippen LogP contribution in [-0.4, -0.2) is 23.0 Å². The Labute approximate surface area is 195 Å². The second-order valence-corrected chi connectivity index (χ2v) is 9.07. The van der Waals surface area contributed by atoms with Crippen LogP contribution in [0, 0.1) is 11.7 Å². The zero-order valence-electron chi connectivity index (χ0n) is 18.3. The molecule has 1 saturated heterocycles. The summed E-state index contributed by atoms with van der Waals surface area (Å²) in [7, 11) is 0. The van der Waals surface area contributed by atoms with Gasteiger partial charge in [-0.05, 0) is 54.8 Å². The van der Waals surface area contributed by atoms with Crippen molar-refractivity contribution in [1.29, 1.82) is 0 Å². The van der Waals surface area contributed by atoms with Crippen LogP contribution >= 0.6 is 0 Å². The normalized spacial score (nSPS) is 21.1. The lowest BCUT2D eigenvalue weighted by Gasteiger charge is -2.33. The number of rotatable bonds is 6. The third kappa shape index (κ3) is 3.27. The second kappa shape index (κ2) is 7.80. The molecule has 1 aliphatic heterocycles. The maximum Gasteiger partial charge on any atom is 0.228 e. The third-order valence-electron chi connectivity index (χ3n) is 7.16. The smallest absolute Gasteiger partial charge is 0.228 e. The van der Waals surface area contributed by atoms with E-state index in [0.29, 0.717) is 17.7 Å². The third-order valence-corrected chi connectivity index (χ3v) is 7.16. The minimum Gasteiger partial charge on any atom is -0.356 e. The fraction of sp³-hybridized carbons (Fsp3) is 0.222. The van der Waals surface area contributed by atoms with Gasteiger partial charge in [0.1, 0.15) is 11.5 Å². The van der Waals surface area contributed by atoms with E-state index in [0.717, 1.165) is 41.5 Å². The molecule has 1 N–H and O–H groups in total. The number of carbonyl (C=O) groups is 2. The Balaban J connectivity index is 1.42. The Morgan fingerprint density at radius 2 is 1.82 bits per heavy atom. The molecule has 0 spiro atoms. The van der Waals surface area contributed by atoms with Gasteiger partial charge in [-0.3, -0.25) is 9.59 Å². The fourth-order valence-corrected chi connectivity index (χ4v) is 5.33. The molecule has 1 aliphatic carbocycles. The van der Waals surface area contributed by atoms with Crippen molar-refractivity contribution in [3.8, 4) is 11.3 Å². The molecule has 0 unspecified atom stereocenters. The molecule has 0 radical (unpaired) electrons. The van der Waals surface area contributed by atoms with Gasteiger partial charge in [-0.2, -0.15) is 0 Å². The monoisotopic (exact) mass is 455 g/mol. The first kappa shape index (κ1) is 20.6. The molecule has 34 heavy (non-hydrogen) atoms. The first-order chi connectivity index (χ1) is 16.6. The van der Waals surface area contributed by atoms with Crippen molar-refractivity contribution in [2.45, 2.75) is 30.8 Å². The van der Waals surface area contributed by atoms with E-state index < -0.39 is 0 Å². The molecule has 1 aromatic heterocycles. The highest BCUT2D eigenvalue weighted by molar-refractivity contribution is 6.00. The van der Waals surface area contributed by atoms with Crippen LogP contribution in [0.2, 0.25) is 0 Å². The molecule has 3 aromatic carbocycles. The van der Waals surface area contributed by atoms with E-state index in [2.05, 4.69) is 10.5 Å². The average Bonchev–Trinajstić information content (AvgIpc) is 3.37. The van der Waals surface area contributed by atoms with Gasteiger partial charge in [0, 0.05) is 40.6 Å². The number of nitrogens with one attached hydrogen (secondary N) is 1. The predicted molar refractivity (Wildman–Crippen MR) is 125 cm³/mol. The van der Waals surface area contributed by atoms with Crippen LogP contribution in [-0.2, 0) is 9.59 Å². The predicted octanol–water partition coefficient (Wildman–Crippen LogP) is 5.01. The number of nitrogens with zero attached hydrogens (tertiary/aromatic N) is 2. The summed E-state index contributed by atoms with van der Waals surface area (Å²) in [6, 6.07) is 21.5. The van der Waals surface area contributed by atoms with Crippen molar-refractivity contribution >= 4 is 29.0 Å². The number of carbonyl (C=O) groups excluding carboxylic acids is 2. The molecule has 2 aliphatic rings. The molecule has 1 saturated carbocycles. The highest BCUT2D eigenvalue weighted by Gasteiger charge is 2.58. The van der Waals surface area contributed by atoms with Gasteiger partial charge in [0.05, 0.1) is 6.04 Å². The summed E-state index contributed by atoms with van der Waals surface area (Å²) in [5, 5.41) is 7.99. The molecule has 6 rings (SSSR count). The molecule has 170 valence electrons. The first-order valence-electron chi connectivity index (χ1n) is 11.3. The molecular weight excluding hydrogens is 433 g/mol. The molecule has 0 bridgehead atoms. The summed E-state index contributed by atoms with van der Waals surface area (Å²) in [5.74, 6) is -0.339. The van der Waals surface area contributed by atoms with Gasteiger partial charge in [0.15, 0.2) is 5.58 Å². The van der Waals surface area contributed by atoms with E-state index in [4.69, 9.17) is 4.52 Å². The van der Waals surface area contributed by atoms with Gasteiger partial charge in [-0.25, -0.2) is 4.39 Å². The Hall–Kier alpha value is -4.00. The molecule has 2 heterocycles. The Kier molecular flexibility index (Phi) is 4.72. The lowest BCUT2D eigenvalue weighted by atomic mass is 9.85. The van der Waals surface area contributed by atoms with Crippen molar-refractivity contribution in [3.05, 3.63) is 84.2 Å². The first-order valence-corrected chi connectivity index (χ1v) is 11.3. The minimum absolute atomic E-state index is 0.00968. The van der Waals surface area contributed by atoms with E-state index >= 15 is 0 Å². The van der Waals surface area contributed by atoms with E-state index in [1.165, 1.54) is 12.1 Å². The van der Waals surface area contributed by atoms with Crippen LogP contribution in [0.15, 0.2) is 77.3 Å². The lowest BCUT2D eigenvalue weighted by Crippen LogP contribution is -2.41. The number of fused-ring (bicyclic) bond motifs is 1. The number of amides is 2. The van der Waals surface area contributed by atoms with Crippen LogP contribution < -0.4 is 10.2 Å². The zero-order valence-corrected chi connectivity index (χ0v) is 18.3. The SMILES string of the molecule is O=CNC1([C@H]2CC(=O)N(c3ccc4c(-c5ccc(F)cc5)noc4c3)[C@H]2c2ccccc2)CC1. The maximum atomic E-state index is 13.4. The lowest BCUT2D eigenvalue weighted by molar-refractivity contribution is -0.118. The van der Waals surface area contributed by atoms with Crippen LogP contribution in [0.1, 0.15) is 30.9 Å². The van der Waals surface area contributed by atoms with Crippen LogP contribution in [0.25, 0.3) is 22.2 Å². The van der Waals surface area contributed by atoms with Gasteiger partial charge in [-0.1, -0.05) is 35.5 Å². The van der Waals surface area contributed by atoms with Gasteiger partial charge in [0.25, 0.3) is 0 Å². The summed E-state index contributed by atoms with van der Waals surface area (Å²) in [6.07, 6.45) is 2.83. The highest BCUT2D eigenvalue weighted by Crippen LogP contribution is 2.54. The zero-order chi connectivity index (χ0) is 23.3. The van der Waals surface area contributed by atoms with Crippen LogP contribution in [0.5, 0.6) is 0 Å². The standard InChI is InChI=1S/C27H22FN3O3/c28-19-8-6-17(7-9-19)25-21-11-10-20(14-23(21)34-30-25)31-24(33)15-22(27(12-13-27)29-16-32)26(31)18-4-2-1-3-5-18/h1-11,14,16,22,26H,12-13,15H2,(H,29,32)/t22-,26-/m0/s1. The molecule has 6 nitrogen and oxygen atoms in total. The molecule has 2 amide bonds. The topological polar surface area (TPSA) is 75.4 Å². The molecule has 2 fully saturated rings. The molecular formula is C27H22FN3O3. The van der Waals surface area contributed by atoms with Crippen molar-refractivity contribution in [3.63, 3.8) is 0 Å². The van der Waals surface area contributed by atoms with Crippen LogP contribution in [0.3, 0.4) is 0 Å². The summed E-state index contributed by atoms with van der Waals surface area (Å²) in [4.78, 5) is 26.5. The highest BCUT2D eigenvalue weighted by atomic mass is 19.1. The number of anilines is 1. The fourth-order valence-electron chi connectivity index (χ4n) is 5.33. The van der Waals surface area contributed by atoms with E-state index in [1.54, 1.807) is 12.1 Å². The molecule has 2 atom stereocenters. The average molecular weight is 455 g/mol.